The van der Waals surface area contributed by atoms with E-state index >= 15 is 0 Å². The van der Waals surface area contributed by atoms with Crippen LogP contribution in [0.25, 0.3) is 0 Å². The topological polar surface area (TPSA) is 69.0 Å². The molecule has 1 aromatic carbocycles. The number of nitrogens with one attached hydrogen (secondary N) is 1. The minimum Gasteiger partial charge on any atom is -0.496 e. The van der Waals surface area contributed by atoms with Crippen LogP contribution in [0.1, 0.15) is 62.5 Å². The van der Waals surface area contributed by atoms with Gasteiger partial charge in [-0.25, -0.2) is 0 Å². The first-order valence-corrected chi connectivity index (χ1v) is 8.99. The molecule has 1 heterocycles. The maximum atomic E-state index is 12.3. The molecule has 1 aliphatic carbocycles. The number of carbonyl (C=O) groups is 1. The number of hydrogen-bond acceptors (Lipinski definition) is 4. The van der Waals surface area contributed by atoms with E-state index in [2.05, 4.69) is 20.1 Å². The minimum absolute atomic E-state index is 0.0133. The van der Waals surface area contributed by atoms with Gasteiger partial charge in [0.2, 0.25) is 5.91 Å². The second-order valence-electron chi connectivity index (χ2n) is 6.64. The number of para-hydroxylation sites is 1. The summed E-state index contributed by atoms with van der Waals surface area (Å²) in [5, 5.41) is 11.3. The lowest BCUT2D eigenvalue weighted by atomic mass is 10.1. The minimum atomic E-state index is -0.145. The SMILES string of the molecule is COc1ccccc1CCC(=O)N[C@H](C)c1nncn1C1CCCC1. The van der Waals surface area contributed by atoms with Crippen molar-refractivity contribution >= 4 is 5.91 Å². The molecule has 0 bridgehead atoms. The molecule has 134 valence electrons. The average molecular weight is 342 g/mol. The highest BCUT2D eigenvalue weighted by Crippen LogP contribution is 2.31. The van der Waals surface area contributed by atoms with Crippen molar-refractivity contribution in [1.29, 1.82) is 0 Å². The number of carbonyl (C=O) groups excluding carboxylic acids is 1. The van der Waals surface area contributed by atoms with Gasteiger partial charge in [-0.15, -0.1) is 10.2 Å². The van der Waals surface area contributed by atoms with Crippen molar-refractivity contribution in [2.75, 3.05) is 7.11 Å². The molecule has 6 heteroatoms. The van der Waals surface area contributed by atoms with E-state index in [4.69, 9.17) is 4.74 Å². The number of ether oxygens (including phenoxy) is 1. The Morgan fingerprint density at radius 2 is 2.12 bits per heavy atom. The maximum absolute atomic E-state index is 12.3. The lowest BCUT2D eigenvalue weighted by Crippen LogP contribution is -2.29. The third-order valence-electron chi connectivity index (χ3n) is 4.90. The van der Waals surface area contributed by atoms with Crippen molar-refractivity contribution < 1.29 is 9.53 Å². The Labute approximate surface area is 148 Å². The second kappa shape index (κ2) is 8.14. The molecule has 0 saturated heterocycles. The molecule has 1 fully saturated rings. The van der Waals surface area contributed by atoms with Gasteiger partial charge in [0.1, 0.15) is 12.1 Å². The van der Waals surface area contributed by atoms with E-state index in [0.29, 0.717) is 18.9 Å². The molecule has 0 radical (unpaired) electrons. The van der Waals surface area contributed by atoms with E-state index in [9.17, 15) is 4.79 Å². The van der Waals surface area contributed by atoms with Gasteiger partial charge in [-0.3, -0.25) is 4.79 Å². The van der Waals surface area contributed by atoms with Crippen molar-refractivity contribution in [2.24, 2.45) is 0 Å². The molecule has 0 unspecified atom stereocenters. The average Bonchev–Trinajstić information content (AvgIpc) is 3.30. The summed E-state index contributed by atoms with van der Waals surface area (Å²) in [6, 6.07) is 8.13. The number of methoxy groups -OCH3 is 1. The van der Waals surface area contributed by atoms with Crippen LogP contribution in [-0.2, 0) is 11.2 Å². The molecule has 2 aromatic rings. The second-order valence-corrected chi connectivity index (χ2v) is 6.64. The van der Waals surface area contributed by atoms with E-state index in [0.717, 1.165) is 17.1 Å². The molecule has 1 saturated carbocycles. The monoisotopic (exact) mass is 342 g/mol. The highest BCUT2D eigenvalue weighted by Gasteiger charge is 2.23. The Kier molecular flexibility index (Phi) is 5.68. The van der Waals surface area contributed by atoms with Crippen LogP contribution in [0.2, 0.25) is 0 Å². The first kappa shape index (κ1) is 17.5. The van der Waals surface area contributed by atoms with Gasteiger partial charge in [-0.2, -0.15) is 0 Å². The summed E-state index contributed by atoms with van der Waals surface area (Å²) in [6.07, 6.45) is 7.70. The molecule has 25 heavy (non-hydrogen) atoms. The van der Waals surface area contributed by atoms with Gasteiger partial charge in [-0.1, -0.05) is 31.0 Å². The number of aromatic nitrogens is 3. The van der Waals surface area contributed by atoms with Crippen LogP contribution in [0.15, 0.2) is 30.6 Å². The van der Waals surface area contributed by atoms with Crippen LogP contribution in [0, 0.1) is 0 Å². The molecule has 3 rings (SSSR count). The summed E-state index contributed by atoms with van der Waals surface area (Å²) in [7, 11) is 1.65. The molecule has 1 aromatic heterocycles. The van der Waals surface area contributed by atoms with Gasteiger partial charge in [0.15, 0.2) is 5.82 Å². The normalized spacial score (nSPS) is 15.9. The highest BCUT2D eigenvalue weighted by molar-refractivity contribution is 5.76. The highest BCUT2D eigenvalue weighted by atomic mass is 16.5. The van der Waals surface area contributed by atoms with E-state index in [1.54, 1.807) is 13.4 Å². The van der Waals surface area contributed by atoms with Crippen LogP contribution in [-0.4, -0.2) is 27.8 Å². The number of benzene rings is 1. The fourth-order valence-corrected chi connectivity index (χ4v) is 3.56. The Morgan fingerprint density at radius 1 is 1.36 bits per heavy atom. The quantitative estimate of drug-likeness (QED) is 0.839. The van der Waals surface area contributed by atoms with E-state index in [-0.39, 0.29) is 11.9 Å². The van der Waals surface area contributed by atoms with Gasteiger partial charge in [0.05, 0.1) is 13.2 Å². The smallest absolute Gasteiger partial charge is 0.220 e. The number of nitrogens with zero attached hydrogens (tertiary/aromatic N) is 3. The van der Waals surface area contributed by atoms with Crippen molar-refractivity contribution in [3.63, 3.8) is 0 Å². The van der Waals surface area contributed by atoms with Gasteiger partial charge in [0.25, 0.3) is 0 Å². The molecule has 0 spiro atoms. The van der Waals surface area contributed by atoms with E-state index < -0.39 is 0 Å². The first-order valence-electron chi connectivity index (χ1n) is 8.99. The summed E-state index contributed by atoms with van der Waals surface area (Å²) in [4.78, 5) is 12.3. The Hall–Kier alpha value is -2.37. The standard InChI is InChI=1S/C19H26N4O2/c1-14(19-22-20-13-23(19)16-8-4-5-9-16)21-18(24)12-11-15-7-3-6-10-17(15)25-2/h3,6-7,10,13-14,16H,4-5,8-9,11-12H2,1-2H3,(H,21,24)/t14-/m1/s1. The summed E-state index contributed by atoms with van der Waals surface area (Å²) >= 11 is 0. The lowest BCUT2D eigenvalue weighted by Gasteiger charge is -2.18. The van der Waals surface area contributed by atoms with Crippen LogP contribution in [0.3, 0.4) is 0 Å². The molecule has 1 amide bonds. The van der Waals surface area contributed by atoms with Crippen LogP contribution >= 0.6 is 0 Å². The zero-order valence-electron chi connectivity index (χ0n) is 14.9. The molecular formula is C19H26N4O2. The van der Waals surface area contributed by atoms with Gasteiger partial charge >= 0.3 is 0 Å². The van der Waals surface area contributed by atoms with Gasteiger partial charge < -0.3 is 14.6 Å². The fraction of sp³-hybridized carbons (Fsp3) is 0.526. The van der Waals surface area contributed by atoms with Crippen LogP contribution < -0.4 is 10.1 Å². The Bertz CT molecular complexity index is 707. The summed E-state index contributed by atoms with van der Waals surface area (Å²) in [6.45, 7) is 1.97. The Balaban J connectivity index is 1.57. The third kappa shape index (κ3) is 4.18. The zero-order valence-corrected chi connectivity index (χ0v) is 14.9. The first-order chi connectivity index (χ1) is 12.2. The van der Waals surface area contributed by atoms with Crippen molar-refractivity contribution in [2.45, 2.75) is 57.5 Å². The van der Waals surface area contributed by atoms with Gasteiger partial charge in [0, 0.05) is 12.5 Å². The fourth-order valence-electron chi connectivity index (χ4n) is 3.56. The summed E-state index contributed by atoms with van der Waals surface area (Å²) < 4.78 is 7.47. The molecule has 0 aliphatic heterocycles. The maximum Gasteiger partial charge on any atom is 0.220 e. The van der Waals surface area contributed by atoms with Crippen molar-refractivity contribution in [3.05, 3.63) is 42.0 Å². The summed E-state index contributed by atoms with van der Waals surface area (Å²) in [5.41, 5.74) is 1.04. The molecule has 1 atom stereocenters. The largest absolute Gasteiger partial charge is 0.496 e. The van der Waals surface area contributed by atoms with Crippen LogP contribution in [0.4, 0.5) is 0 Å². The van der Waals surface area contributed by atoms with Crippen molar-refractivity contribution in [1.82, 2.24) is 20.1 Å². The molecular weight excluding hydrogens is 316 g/mol. The Morgan fingerprint density at radius 3 is 2.88 bits per heavy atom. The molecule has 6 nitrogen and oxygen atoms in total. The molecule has 1 N–H and O–H groups in total. The number of amides is 1. The van der Waals surface area contributed by atoms with E-state index in [1.165, 1.54) is 25.7 Å². The van der Waals surface area contributed by atoms with Crippen molar-refractivity contribution in [3.8, 4) is 5.75 Å². The molecule has 1 aliphatic rings. The number of hydrogen-bond donors (Lipinski definition) is 1. The third-order valence-corrected chi connectivity index (χ3v) is 4.90. The predicted molar refractivity (Wildman–Crippen MR) is 95.4 cm³/mol. The zero-order chi connectivity index (χ0) is 17.6. The van der Waals surface area contributed by atoms with E-state index in [1.807, 2.05) is 31.2 Å². The summed E-state index contributed by atoms with van der Waals surface area (Å²) in [5.74, 6) is 1.68. The van der Waals surface area contributed by atoms with Crippen LogP contribution in [0.5, 0.6) is 5.75 Å². The number of rotatable bonds is 7. The number of aryl methyl sites for hydroxylation is 1. The van der Waals surface area contributed by atoms with Gasteiger partial charge in [-0.05, 0) is 37.8 Å². The predicted octanol–water partition coefficient (Wildman–Crippen LogP) is 3.21. The lowest BCUT2D eigenvalue weighted by molar-refractivity contribution is -0.121.